The van der Waals surface area contributed by atoms with Crippen LogP contribution in [0.2, 0.25) is 0 Å². The fourth-order valence-corrected chi connectivity index (χ4v) is 4.74. The zero-order chi connectivity index (χ0) is 23.1. The summed E-state index contributed by atoms with van der Waals surface area (Å²) in [4.78, 5) is 13.0. The van der Waals surface area contributed by atoms with Crippen molar-refractivity contribution >= 4 is 27.3 Å². The van der Waals surface area contributed by atoms with Gasteiger partial charge in [-0.05, 0) is 53.4 Å². The zero-order valence-electron chi connectivity index (χ0n) is 18.5. The zero-order valence-corrected chi connectivity index (χ0v) is 19.3. The second kappa shape index (κ2) is 10.4. The van der Waals surface area contributed by atoms with Gasteiger partial charge in [-0.15, -0.1) is 0 Å². The number of nitrogens with one attached hydrogen (secondary N) is 1. The first kappa shape index (κ1) is 23.5. The molecule has 1 amide bonds. The molecule has 7 heteroatoms. The molecular formula is C25H28N2O4S. The molecule has 3 aromatic carbocycles. The average Bonchev–Trinajstić information content (AvgIpc) is 2.78. The van der Waals surface area contributed by atoms with Gasteiger partial charge < -0.3 is 10.1 Å². The fourth-order valence-electron chi connectivity index (χ4n) is 3.30. The van der Waals surface area contributed by atoms with Crippen LogP contribution in [0, 0.1) is 0 Å². The van der Waals surface area contributed by atoms with Gasteiger partial charge >= 0.3 is 0 Å². The molecule has 3 aromatic rings. The first-order valence-electron chi connectivity index (χ1n) is 10.4. The second-order valence-electron chi connectivity index (χ2n) is 7.75. The predicted octanol–water partition coefficient (Wildman–Crippen LogP) is 4.79. The number of benzene rings is 3. The van der Waals surface area contributed by atoms with Crippen LogP contribution in [0.3, 0.4) is 0 Å². The Morgan fingerprint density at radius 1 is 0.969 bits per heavy atom. The third kappa shape index (κ3) is 5.75. The van der Waals surface area contributed by atoms with Gasteiger partial charge in [-0.3, -0.25) is 9.10 Å². The van der Waals surface area contributed by atoms with Crippen LogP contribution < -0.4 is 9.62 Å². The van der Waals surface area contributed by atoms with Crippen molar-refractivity contribution in [2.75, 3.05) is 23.3 Å². The Labute approximate surface area is 189 Å². The molecule has 0 aliphatic heterocycles. The SMILES string of the molecule is COCc1cccc(NC(=O)CN(c2ccc(C(C)C)cc2)S(=O)(=O)c2ccccc2)c1. The molecule has 0 spiro atoms. The van der Waals surface area contributed by atoms with Gasteiger partial charge in [0.2, 0.25) is 5.91 Å². The van der Waals surface area contributed by atoms with Gasteiger partial charge in [0.1, 0.15) is 6.54 Å². The summed E-state index contributed by atoms with van der Waals surface area (Å²) in [5.74, 6) is -0.127. The number of sulfonamides is 1. The van der Waals surface area contributed by atoms with Gasteiger partial charge in [0, 0.05) is 12.8 Å². The minimum atomic E-state index is -3.94. The number of anilines is 2. The molecule has 6 nitrogen and oxygen atoms in total. The van der Waals surface area contributed by atoms with E-state index >= 15 is 0 Å². The normalized spacial score (nSPS) is 11.4. The average molecular weight is 453 g/mol. The molecule has 0 aliphatic rings. The molecule has 0 radical (unpaired) electrons. The lowest BCUT2D eigenvalue weighted by Crippen LogP contribution is -2.38. The van der Waals surface area contributed by atoms with Crippen molar-refractivity contribution in [3.63, 3.8) is 0 Å². The lowest BCUT2D eigenvalue weighted by molar-refractivity contribution is -0.114. The van der Waals surface area contributed by atoms with Crippen LogP contribution in [-0.4, -0.2) is 28.0 Å². The standard InChI is InChI=1S/C25H28N2O4S/c1-19(2)21-12-14-23(15-13-21)27(32(29,30)24-10-5-4-6-11-24)17-25(28)26-22-9-7-8-20(16-22)18-31-3/h4-16,19H,17-18H2,1-3H3,(H,26,28). The number of amides is 1. The summed E-state index contributed by atoms with van der Waals surface area (Å²) >= 11 is 0. The summed E-state index contributed by atoms with van der Waals surface area (Å²) in [6, 6.07) is 22.6. The van der Waals surface area contributed by atoms with Crippen LogP contribution >= 0.6 is 0 Å². The van der Waals surface area contributed by atoms with Crippen molar-refractivity contribution in [2.45, 2.75) is 31.3 Å². The Morgan fingerprint density at radius 3 is 2.28 bits per heavy atom. The molecule has 0 atom stereocenters. The van der Waals surface area contributed by atoms with E-state index in [4.69, 9.17) is 4.74 Å². The Bertz CT molecular complexity index is 1140. The Morgan fingerprint density at radius 2 is 1.66 bits per heavy atom. The number of hydrogen-bond acceptors (Lipinski definition) is 4. The fraction of sp³-hybridized carbons (Fsp3) is 0.240. The van der Waals surface area contributed by atoms with E-state index in [1.165, 1.54) is 12.1 Å². The highest BCUT2D eigenvalue weighted by Gasteiger charge is 2.27. The van der Waals surface area contributed by atoms with Crippen LogP contribution in [0.1, 0.15) is 30.9 Å². The maximum atomic E-state index is 13.4. The highest BCUT2D eigenvalue weighted by Crippen LogP contribution is 2.26. The van der Waals surface area contributed by atoms with Crippen molar-refractivity contribution < 1.29 is 17.9 Å². The minimum Gasteiger partial charge on any atom is -0.380 e. The number of hydrogen-bond donors (Lipinski definition) is 1. The molecule has 0 saturated carbocycles. The van der Waals surface area contributed by atoms with E-state index in [9.17, 15) is 13.2 Å². The highest BCUT2D eigenvalue weighted by atomic mass is 32.2. The van der Waals surface area contributed by atoms with Gasteiger partial charge in [0.25, 0.3) is 10.0 Å². The first-order valence-corrected chi connectivity index (χ1v) is 11.8. The summed E-state index contributed by atoms with van der Waals surface area (Å²) in [7, 11) is -2.34. The number of carbonyl (C=O) groups excluding carboxylic acids is 1. The number of nitrogens with zero attached hydrogens (tertiary/aromatic N) is 1. The molecule has 0 saturated heterocycles. The van der Waals surface area contributed by atoms with E-state index in [1.54, 1.807) is 49.6 Å². The Hall–Kier alpha value is -3.16. The second-order valence-corrected chi connectivity index (χ2v) is 9.61. The van der Waals surface area contributed by atoms with Gasteiger partial charge in [0.15, 0.2) is 0 Å². The van der Waals surface area contributed by atoms with E-state index in [-0.39, 0.29) is 11.4 Å². The summed E-state index contributed by atoms with van der Waals surface area (Å²) < 4.78 is 33.1. The summed E-state index contributed by atoms with van der Waals surface area (Å²) in [6.07, 6.45) is 0. The number of ether oxygens (including phenoxy) is 1. The van der Waals surface area contributed by atoms with E-state index in [1.807, 2.05) is 24.3 Å². The van der Waals surface area contributed by atoms with Gasteiger partial charge in [0.05, 0.1) is 17.2 Å². The van der Waals surface area contributed by atoms with Crippen LogP contribution in [0.25, 0.3) is 0 Å². The third-order valence-corrected chi connectivity index (χ3v) is 6.78. The third-order valence-electron chi connectivity index (χ3n) is 4.99. The van der Waals surface area contributed by atoms with E-state index < -0.39 is 15.9 Å². The maximum Gasteiger partial charge on any atom is 0.264 e. The monoisotopic (exact) mass is 452 g/mol. The lowest BCUT2D eigenvalue weighted by atomic mass is 10.0. The quantitative estimate of drug-likeness (QED) is 0.506. The van der Waals surface area contributed by atoms with E-state index in [0.29, 0.717) is 23.9 Å². The molecule has 0 aliphatic carbocycles. The van der Waals surface area contributed by atoms with Gasteiger partial charge in [-0.1, -0.05) is 56.3 Å². The maximum absolute atomic E-state index is 13.4. The molecule has 32 heavy (non-hydrogen) atoms. The molecule has 0 aromatic heterocycles. The van der Waals surface area contributed by atoms with Crippen LogP contribution in [0.5, 0.6) is 0 Å². The Kier molecular flexibility index (Phi) is 7.66. The summed E-state index contributed by atoms with van der Waals surface area (Å²) in [5.41, 5.74) is 3.01. The van der Waals surface area contributed by atoms with Crippen molar-refractivity contribution in [3.8, 4) is 0 Å². The number of methoxy groups -OCH3 is 1. The molecule has 168 valence electrons. The molecule has 0 unspecified atom stereocenters. The number of carbonyl (C=O) groups is 1. The predicted molar refractivity (Wildman–Crippen MR) is 127 cm³/mol. The molecule has 0 fully saturated rings. The topological polar surface area (TPSA) is 75.7 Å². The van der Waals surface area contributed by atoms with Gasteiger partial charge in [-0.25, -0.2) is 8.42 Å². The summed E-state index contributed by atoms with van der Waals surface area (Å²) in [5, 5.41) is 2.79. The first-order chi connectivity index (χ1) is 15.3. The number of rotatable bonds is 9. The Balaban J connectivity index is 1.90. The van der Waals surface area contributed by atoms with Crippen molar-refractivity contribution in [1.82, 2.24) is 0 Å². The van der Waals surface area contributed by atoms with Crippen molar-refractivity contribution in [1.29, 1.82) is 0 Å². The molecule has 0 bridgehead atoms. The van der Waals surface area contributed by atoms with Crippen LogP contribution in [0.15, 0.2) is 83.8 Å². The van der Waals surface area contributed by atoms with E-state index in [0.717, 1.165) is 15.4 Å². The van der Waals surface area contributed by atoms with E-state index in [2.05, 4.69) is 19.2 Å². The smallest absolute Gasteiger partial charge is 0.264 e. The largest absolute Gasteiger partial charge is 0.380 e. The highest BCUT2D eigenvalue weighted by molar-refractivity contribution is 7.92. The van der Waals surface area contributed by atoms with Crippen LogP contribution in [0.4, 0.5) is 11.4 Å². The molecule has 3 rings (SSSR count). The minimum absolute atomic E-state index is 0.128. The summed E-state index contributed by atoms with van der Waals surface area (Å²) in [6.45, 7) is 4.20. The lowest BCUT2D eigenvalue weighted by Gasteiger charge is -2.24. The van der Waals surface area contributed by atoms with Crippen LogP contribution in [-0.2, 0) is 26.2 Å². The molecule has 1 N–H and O–H groups in total. The molecular weight excluding hydrogens is 424 g/mol. The molecule has 0 heterocycles. The van der Waals surface area contributed by atoms with Crippen molar-refractivity contribution in [3.05, 3.63) is 90.0 Å². The van der Waals surface area contributed by atoms with Crippen molar-refractivity contribution in [2.24, 2.45) is 0 Å². The van der Waals surface area contributed by atoms with Gasteiger partial charge in [-0.2, -0.15) is 0 Å².